The summed E-state index contributed by atoms with van der Waals surface area (Å²) in [5.41, 5.74) is 3.12. The normalized spacial score (nSPS) is 28.1. The molecule has 1 N–H and O–H groups in total. The maximum Gasteiger partial charge on any atom is 0.0354 e. The zero-order valence-corrected chi connectivity index (χ0v) is 10.7. The smallest absolute Gasteiger partial charge is 0.0354 e. The molecule has 0 amide bonds. The van der Waals surface area contributed by atoms with Crippen LogP contribution in [-0.4, -0.2) is 6.54 Å². The number of nitrogens with one attached hydrogen (secondary N) is 1. The molecular weight excluding hydrogens is 194 g/mol. The third-order valence-electron chi connectivity index (χ3n) is 3.91. The van der Waals surface area contributed by atoms with E-state index in [4.69, 9.17) is 0 Å². The minimum atomic E-state index is 0.567. The molecule has 1 heteroatoms. The van der Waals surface area contributed by atoms with Gasteiger partial charge in [0.05, 0.1) is 0 Å². The van der Waals surface area contributed by atoms with Gasteiger partial charge < -0.3 is 5.32 Å². The molecule has 1 nitrogen and oxygen atoms in total. The van der Waals surface area contributed by atoms with Crippen molar-refractivity contribution in [2.75, 3.05) is 6.54 Å². The van der Waals surface area contributed by atoms with E-state index in [1.807, 2.05) is 0 Å². The molecular formula is C15H23N. The quantitative estimate of drug-likeness (QED) is 0.807. The van der Waals surface area contributed by atoms with Crippen molar-refractivity contribution in [3.63, 3.8) is 0 Å². The molecule has 0 heterocycles. The van der Waals surface area contributed by atoms with E-state index in [1.165, 1.54) is 18.4 Å². The first kappa shape index (κ1) is 11.7. The van der Waals surface area contributed by atoms with Crippen LogP contribution < -0.4 is 5.32 Å². The molecule has 0 fully saturated rings. The Labute approximate surface area is 99.3 Å². The molecule has 1 aromatic carbocycles. The maximum absolute atomic E-state index is 3.64. The molecule has 3 atom stereocenters. The van der Waals surface area contributed by atoms with Gasteiger partial charge in [-0.3, -0.25) is 0 Å². The third kappa shape index (κ3) is 1.89. The topological polar surface area (TPSA) is 12.0 Å². The SMILES string of the molecule is CCCC1c2ccccc2C(NCC)C1C. The average molecular weight is 217 g/mol. The summed E-state index contributed by atoms with van der Waals surface area (Å²) in [6.45, 7) is 7.94. The van der Waals surface area contributed by atoms with Gasteiger partial charge in [0.15, 0.2) is 0 Å². The third-order valence-corrected chi connectivity index (χ3v) is 3.91. The Bertz CT molecular complexity index is 312. The van der Waals surface area contributed by atoms with Crippen LogP contribution in [0.25, 0.3) is 0 Å². The van der Waals surface area contributed by atoms with Crippen LogP contribution in [-0.2, 0) is 0 Å². The lowest BCUT2D eigenvalue weighted by molar-refractivity contribution is 0.359. The Kier molecular flexibility index (Phi) is 3.65. The molecule has 88 valence electrons. The molecule has 0 radical (unpaired) electrons. The number of hydrogen-bond acceptors (Lipinski definition) is 1. The van der Waals surface area contributed by atoms with E-state index in [0.29, 0.717) is 6.04 Å². The van der Waals surface area contributed by atoms with Crippen LogP contribution in [0.5, 0.6) is 0 Å². The molecule has 1 aliphatic carbocycles. The van der Waals surface area contributed by atoms with E-state index in [2.05, 4.69) is 50.4 Å². The molecule has 1 aliphatic rings. The summed E-state index contributed by atoms with van der Waals surface area (Å²) in [7, 11) is 0. The Balaban J connectivity index is 2.32. The first-order chi connectivity index (χ1) is 7.79. The van der Waals surface area contributed by atoms with Gasteiger partial charge in [-0.2, -0.15) is 0 Å². The van der Waals surface area contributed by atoms with Crippen LogP contribution in [0.4, 0.5) is 0 Å². The predicted molar refractivity (Wildman–Crippen MR) is 69.7 cm³/mol. The fraction of sp³-hybridized carbons (Fsp3) is 0.600. The summed E-state index contributed by atoms with van der Waals surface area (Å²) in [4.78, 5) is 0. The Hall–Kier alpha value is -0.820. The van der Waals surface area contributed by atoms with Gasteiger partial charge in [-0.15, -0.1) is 0 Å². The van der Waals surface area contributed by atoms with Gasteiger partial charge >= 0.3 is 0 Å². The molecule has 2 rings (SSSR count). The van der Waals surface area contributed by atoms with Crippen molar-refractivity contribution in [2.24, 2.45) is 5.92 Å². The fourth-order valence-electron chi connectivity index (χ4n) is 3.18. The van der Waals surface area contributed by atoms with Crippen molar-refractivity contribution < 1.29 is 0 Å². The van der Waals surface area contributed by atoms with Gasteiger partial charge in [0.2, 0.25) is 0 Å². The van der Waals surface area contributed by atoms with Gasteiger partial charge in [0.1, 0.15) is 0 Å². The number of fused-ring (bicyclic) bond motifs is 1. The highest BCUT2D eigenvalue weighted by Crippen LogP contribution is 2.46. The second kappa shape index (κ2) is 5.01. The molecule has 3 unspecified atom stereocenters. The molecule has 0 aliphatic heterocycles. The molecule has 16 heavy (non-hydrogen) atoms. The van der Waals surface area contributed by atoms with E-state index in [1.54, 1.807) is 5.56 Å². The van der Waals surface area contributed by atoms with Crippen LogP contribution in [0.1, 0.15) is 56.7 Å². The highest BCUT2D eigenvalue weighted by atomic mass is 14.9. The van der Waals surface area contributed by atoms with E-state index < -0.39 is 0 Å². The molecule has 0 aromatic heterocycles. The summed E-state index contributed by atoms with van der Waals surface area (Å²) in [5, 5.41) is 3.64. The van der Waals surface area contributed by atoms with E-state index in [9.17, 15) is 0 Å². The van der Waals surface area contributed by atoms with Crippen molar-refractivity contribution >= 4 is 0 Å². The summed E-state index contributed by atoms with van der Waals surface area (Å²) in [6, 6.07) is 9.54. The van der Waals surface area contributed by atoms with Crippen molar-refractivity contribution in [1.82, 2.24) is 5.32 Å². The molecule has 0 bridgehead atoms. The molecule has 0 saturated heterocycles. The van der Waals surface area contributed by atoms with Crippen molar-refractivity contribution in [3.8, 4) is 0 Å². The highest BCUT2D eigenvalue weighted by Gasteiger charge is 2.36. The summed E-state index contributed by atoms with van der Waals surface area (Å²) >= 11 is 0. The second-order valence-corrected chi connectivity index (χ2v) is 4.92. The minimum Gasteiger partial charge on any atom is -0.310 e. The zero-order valence-electron chi connectivity index (χ0n) is 10.7. The average Bonchev–Trinajstić information content (AvgIpc) is 2.56. The van der Waals surface area contributed by atoms with Gasteiger partial charge in [-0.05, 0) is 35.9 Å². The number of rotatable bonds is 4. The van der Waals surface area contributed by atoms with Gasteiger partial charge in [0, 0.05) is 6.04 Å². The van der Waals surface area contributed by atoms with E-state index in [0.717, 1.165) is 18.4 Å². The minimum absolute atomic E-state index is 0.567. The van der Waals surface area contributed by atoms with Gasteiger partial charge in [-0.25, -0.2) is 0 Å². The van der Waals surface area contributed by atoms with Crippen molar-refractivity contribution in [3.05, 3.63) is 35.4 Å². The predicted octanol–water partition coefficient (Wildman–Crippen LogP) is 3.87. The number of benzene rings is 1. The fourth-order valence-corrected chi connectivity index (χ4v) is 3.18. The van der Waals surface area contributed by atoms with Crippen LogP contribution in [0, 0.1) is 5.92 Å². The first-order valence-corrected chi connectivity index (χ1v) is 6.61. The van der Waals surface area contributed by atoms with Crippen LogP contribution in [0.2, 0.25) is 0 Å². The first-order valence-electron chi connectivity index (χ1n) is 6.61. The Morgan fingerprint density at radius 1 is 1.12 bits per heavy atom. The van der Waals surface area contributed by atoms with Crippen molar-refractivity contribution in [2.45, 2.75) is 45.6 Å². The second-order valence-electron chi connectivity index (χ2n) is 4.92. The summed E-state index contributed by atoms with van der Waals surface area (Å²) in [6.07, 6.45) is 2.60. The molecule has 0 spiro atoms. The van der Waals surface area contributed by atoms with E-state index in [-0.39, 0.29) is 0 Å². The standard InChI is InChI=1S/C15H23N/c1-4-8-12-11(3)15(16-5-2)14-10-7-6-9-13(12)14/h6-7,9-12,15-16H,4-5,8H2,1-3H3. The van der Waals surface area contributed by atoms with Crippen LogP contribution in [0.3, 0.4) is 0 Å². The Morgan fingerprint density at radius 2 is 1.81 bits per heavy atom. The monoisotopic (exact) mass is 217 g/mol. The summed E-state index contributed by atoms with van der Waals surface area (Å²) < 4.78 is 0. The lowest BCUT2D eigenvalue weighted by Gasteiger charge is -2.21. The van der Waals surface area contributed by atoms with Gasteiger partial charge in [0.25, 0.3) is 0 Å². The van der Waals surface area contributed by atoms with E-state index >= 15 is 0 Å². The highest BCUT2D eigenvalue weighted by molar-refractivity contribution is 5.39. The van der Waals surface area contributed by atoms with Gasteiger partial charge in [-0.1, -0.05) is 51.5 Å². The zero-order chi connectivity index (χ0) is 11.5. The maximum atomic E-state index is 3.64. The number of hydrogen-bond donors (Lipinski definition) is 1. The Morgan fingerprint density at radius 3 is 2.44 bits per heavy atom. The largest absolute Gasteiger partial charge is 0.310 e. The van der Waals surface area contributed by atoms with Crippen LogP contribution >= 0.6 is 0 Å². The molecule has 0 saturated carbocycles. The van der Waals surface area contributed by atoms with Crippen molar-refractivity contribution in [1.29, 1.82) is 0 Å². The summed E-state index contributed by atoms with van der Waals surface area (Å²) in [5.74, 6) is 1.49. The lowest BCUT2D eigenvalue weighted by Crippen LogP contribution is -2.24. The lowest BCUT2D eigenvalue weighted by atomic mass is 9.89. The molecule has 1 aromatic rings. The van der Waals surface area contributed by atoms with Crippen LogP contribution in [0.15, 0.2) is 24.3 Å².